The molecule has 3 aromatic rings. The van der Waals surface area contributed by atoms with Gasteiger partial charge < -0.3 is 10.2 Å². The first-order chi connectivity index (χ1) is 15.9. The lowest BCUT2D eigenvalue weighted by molar-refractivity contribution is -0.133. The van der Waals surface area contributed by atoms with Crippen LogP contribution in [0, 0.1) is 5.41 Å². The lowest BCUT2D eigenvalue weighted by Gasteiger charge is -2.29. The van der Waals surface area contributed by atoms with Crippen molar-refractivity contribution >= 4 is 11.8 Å². The van der Waals surface area contributed by atoms with Crippen LogP contribution in [0.4, 0.5) is 0 Å². The molecule has 0 spiro atoms. The summed E-state index contributed by atoms with van der Waals surface area (Å²) >= 11 is 0. The highest BCUT2D eigenvalue weighted by Crippen LogP contribution is 2.36. The molecule has 1 saturated heterocycles. The van der Waals surface area contributed by atoms with Crippen molar-refractivity contribution in [2.24, 2.45) is 5.41 Å². The number of aromatic nitrogens is 1. The smallest absolute Gasteiger partial charge is 0.228 e. The van der Waals surface area contributed by atoms with Crippen molar-refractivity contribution < 1.29 is 9.59 Å². The monoisotopic (exact) mass is 441 g/mol. The third-order valence-electron chi connectivity index (χ3n) is 6.27. The van der Waals surface area contributed by atoms with Crippen LogP contribution in [0.3, 0.4) is 0 Å². The van der Waals surface area contributed by atoms with Crippen LogP contribution in [0.5, 0.6) is 0 Å². The summed E-state index contributed by atoms with van der Waals surface area (Å²) in [7, 11) is 0. The van der Waals surface area contributed by atoms with Gasteiger partial charge in [-0.2, -0.15) is 0 Å². The number of amides is 2. The Morgan fingerprint density at radius 3 is 2.33 bits per heavy atom. The van der Waals surface area contributed by atoms with E-state index in [1.54, 1.807) is 6.20 Å². The Morgan fingerprint density at radius 1 is 0.970 bits per heavy atom. The predicted octanol–water partition coefficient (Wildman–Crippen LogP) is 4.28. The van der Waals surface area contributed by atoms with Crippen LogP contribution in [-0.2, 0) is 22.4 Å². The molecule has 1 atom stereocenters. The molecule has 0 radical (unpaired) electrons. The first kappa shape index (κ1) is 22.7. The molecule has 1 aromatic heterocycles. The number of carbonyl (C=O) groups excluding carboxylic acids is 2. The molecule has 1 aliphatic rings. The first-order valence-corrected chi connectivity index (χ1v) is 11.6. The fraction of sp³-hybridized carbons (Fsp3) is 0.321. The van der Waals surface area contributed by atoms with Gasteiger partial charge in [-0.3, -0.25) is 14.6 Å². The first-order valence-electron chi connectivity index (χ1n) is 11.6. The number of benzene rings is 2. The summed E-state index contributed by atoms with van der Waals surface area (Å²) in [5.41, 5.74) is 3.55. The number of hydrogen-bond acceptors (Lipinski definition) is 3. The zero-order chi connectivity index (χ0) is 23.3. The molecule has 2 aromatic carbocycles. The van der Waals surface area contributed by atoms with Gasteiger partial charge in [0, 0.05) is 31.0 Å². The van der Waals surface area contributed by atoms with Gasteiger partial charge in [-0.15, -0.1) is 0 Å². The maximum Gasteiger partial charge on any atom is 0.228 e. The number of hydrogen-bond donors (Lipinski definition) is 1. The van der Waals surface area contributed by atoms with E-state index in [1.165, 1.54) is 5.56 Å². The lowest BCUT2D eigenvalue weighted by Crippen LogP contribution is -2.47. The van der Waals surface area contributed by atoms with Crippen molar-refractivity contribution in [1.82, 2.24) is 15.2 Å². The van der Waals surface area contributed by atoms with Crippen molar-refractivity contribution in [2.45, 2.75) is 39.2 Å². The Balaban J connectivity index is 1.51. The number of pyridine rings is 1. The van der Waals surface area contributed by atoms with E-state index in [-0.39, 0.29) is 24.3 Å². The molecule has 0 saturated carbocycles. The SMILES string of the molecule is CC(C)NC(=O)[C@]1(Cc2ccc(-c3ccccc3)cc2)CCN(C(=O)Cc2ccccn2)C1. The van der Waals surface area contributed by atoms with E-state index in [4.69, 9.17) is 0 Å². The van der Waals surface area contributed by atoms with Gasteiger partial charge in [-0.1, -0.05) is 60.7 Å². The summed E-state index contributed by atoms with van der Waals surface area (Å²) in [6.45, 7) is 4.95. The minimum atomic E-state index is -0.627. The molecule has 1 N–H and O–H groups in total. The maximum atomic E-state index is 13.3. The normalized spacial score (nSPS) is 17.8. The zero-order valence-electron chi connectivity index (χ0n) is 19.3. The molecule has 0 aliphatic carbocycles. The maximum absolute atomic E-state index is 13.3. The number of nitrogens with one attached hydrogen (secondary N) is 1. The average Bonchev–Trinajstić information content (AvgIpc) is 3.26. The molecule has 5 nitrogen and oxygen atoms in total. The van der Waals surface area contributed by atoms with E-state index in [9.17, 15) is 9.59 Å². The van der Waals surface area contributed by atoms with Gasteiger partial charge in [0.25, 0.3) is 0 Å². The minimum absolute atomic E-state index is 0.0207. The highest BCUT2D eigenvalue weighted by molar-refractivity contribution is 5.86. The second-order valence-electron chi connectivity index (χ2n) is 9.21. The summed E-state index contributed by atoms with van der Waals surface area (Å²) in [6, 6.07) is 24.3. The van der Waals surface area contributed by atoms with E-state index in [0.29, 0.717) is 25.9 Å². The molecule has 2 amide bonds. The van der Waals surface area contributed by atoms with Crippen molar-refractivity contribution in [2.75, 3.05) is 13.1 Å². The standard InChI is InChI=1S/C28H31N3O2/c1-21(2)30-27(33)28(15-17-31(20-28)26(32)18-25-10-6-7-16-29-25)19-22-11-13-24(14-12-22)23-8-4-3-5-9-23/h3-14,16,21H,15,17-20H2,1-2H3,(H,30,33)/t28-/m0/s1. The quantitative estimate of drug-likeness (QED) is 0.595. The molecule has 1 fully saturated rings. The Bertz CT molecular complexity index is 1080. The van der Waals surface area contributed by atoms with Gasteiger partial charge in [0.2, 0.25) is 11.8 Å². The van der Waals surface area contributed by atoms with Gasteiger partial charge in [0.05, 0.1) is 11.8 Å². The average molecular weight is 442 g/mol. The minimum Gasteiger partial charge on any atom is -0.353 e. The molecule has 1 aliphatic heterocycles. The molecular weight excluding hydrogens is 410 g/mol. The Kier molecular flexibility index (Phi) is 6.87. The Hall–Kier alpha value is -3.47. The summed E-state index contributed by atoms with van der Waals surface area (Å²) in [6.07, 6.45) is 3.22. The molecule has 5 heteroatoms. The fourth-order valence-corrected chi connectivity index (χ4v) is 4.52. The van der Waals surface area contributed by atoms with Crippen molar-refractivity contribution in [3.05, 3.63) is 90.3 Å². The largest absolute Gasteiger partial charge is 0.353 e. The van der Waals surface area contributed by atoms with Gasteiger partial charge in [-0.25, -0.2) is 0 Å². The van der Waals surface area contributed by atoms with Gasteiger partial charge >= 0.3 is 0 Å². The summed E-state index contributed by atoms with van der Waals surface area (Å²) in [5.74, 6) is 0.0464. The van der Waals surface area contributed by atoms with Gasteiger partial charge in [-0.05, 0) is 55.5 Å². The van der Waals surface area contributed by atoms with Crippen LogP contribution in [0.2, 0.25) is 0 Å². The number of likely N-dealkylation sites (tertiary alicyclic amines) is 1. The summed E-state index contributed by atoms with van der Waals surface area (Å²) in [4.78, 5) is 32.4. The second-order valence-corrected chi connectivity index (χ2v) is 9.21. The summed E-state index contributed by atoms with van der Waals surface area (Å²) in [5, 5.41) is 3.10. The van der Waals surface area contributed by atoms with E-state index in [0.717, 1.165) is 16.8 Å². The van der Waals surface area contributed by atoms with E-state index < -0.39 is 5.41 Å². The predicted molar refractivity (Wildman–Crippen MR) is 130 cm³/mol. The van der Waals surface area contributed by atoms with E-state index >= 15 is 0 Å². The van der Waals surface area contributed by atoms with E-state index in [1.807, 2.05) is 55.1 Å². The Morgan fingerprint density at radius 2 is 1.67 bits per heavy atom. The third kappa shape index (κ3) is 5.48. The van der Waals surface area contributed by atoms with Crippen molar-refractivity contribution in [3.63, 3.8) is 0 Å². The highest BCUT2D eigenvalue weighted by atomic mass is 16.2. The Labute approximate surface area is 195 Å². The molecule has 4 rings (SSSR count). The summed E-state index contributed by atoms with van der Waals surface area (Å²) < 4.78 is 0. The molecular formula is C28H31N3O2. The van der Waals surface area contributed by atoms with Gasteiger partial charge in [0.1, 0.15) is 0 Å². The zero-order valence-corrected chi connectivity index (χ0v) is 19.3. The van der Waals surface area contributed by atoms with Crippen LogP contribution in [0.1, 0.15) is 31.5 Å². The molecule has 33 heavy (non-hydrogen) atoms. The number of nitrogens with zero attached hydrogens (tertiary/aromatic N) is 2. The van der Waals surface area contributed by atoms with Gasteiger partial charge in [0.15, 0.2) is 0 Å². The third-order valence-corrected chi connectivity index (χ3v) is 6.27. The highest BCUT2D eigenvalue weighted by Gasteiger charge is 2.46. The van der Waals surface area contributed by atoms with E-state index in [2.05, 4.69) is 46.7 Å². The van der Waals surface area contributed by atoms with Crippen LogP contribution >= 0.6 is 0 Å². The molecule has 170 valence electrons. The molecule has 0 unspecified atom stereocenters. The molecule has 2 heterocycles. The van der Waals surface area contributed by atoms with Crippen molar-refractivity contribution in [1.29, 1.82) is 0 Å². The van der Waals surface area contributed by atoms with Crippen LogP contribution in [0.25, 0.3) is 11.1 Å². The lowest BCUT2D eigenvalue weighted by atomic mass is 9.79. The second kappa shape index (κ2) is 9.99. The van der Waals surface area contributed by atoms with Crippen molar-refractivity contribution in [3.8, 4) is 11.1 Å². The van der Waals surface area contributed by atoms with Crippen LogP contribution < -0.4 is 5.32 Å². The number of rotatable bonds is 7. The molecule has 0 bridgehead atoms. The fourth-order valence-electron chi connectivity index (χ4n) is 4.52. The number of carbonyl (C=O) groups is 2. The van der Waals surface area contributed by atoms with Crippen LogP contribution in [-0.4, -0.2) is 40.8 Å². The van der Waals surface area contributed by atoms with Crippen LogP contribution in [0.15, 0.2) is 79.0 Å². The topological polar surface area (TPSA) is 62.3 Å².